The minimum absolute atomic E-state index is 0.0391. The van der Waals surface area contributed by atoms with E-state index >= 15 is 0 Å². The van der Waals surface area contributed by atoms with Crippen LogP contribution in [0.5, 0.6) is 5.75 Å². The van der Waals surface area contributed by atoms with Gasteiger partial charge >= 0.3 is 0 Å². The SMILES string of the molecule is O=C(CN1CCCCCC1)Nc1ccccc1OCCCc1ccccc1. The molecule has 0 aromatic heterocycles. The number of aryl methyl sites for hydroxylation is 1. The third-order valence-electron chi connectivity index (χ3n) is 4.94. The first-order valence-corrected chi connectivity index (χ1v) is 10.1. The Morgan fingerprint density at radius 3 is 2.41 bits per heavy atom. The second kappa shape index (κ2) is 10.7. The number of nitrogens with zero attached hydrogens (tertiary/aromatic N) is 1. The number of ether oxygens (including phenoxy) is 1. The Labute approximate surface area is 162 Å². The Hall–Kier alpha value is -2.33. The average molecular weight is 367 g/mol. The highest BCUT2D eigenvalue weighted by molar-refractivity contribution is 5.93. The molecule has 1 saturated heterocycles. The van der Waals surface area contributed by atoms with Crippen LogP contribution in [-0.2, 0) is 11.2 Å². The van der Waals surface area contributed by atoms with Crippen LogP contribution in [-0.4, -0.2) is 37.0 Å². The van der Waals surface area contributed by atoms with Crippen LogP contribution >= 0.6 is 0 Å². The fraction of sp³-hybridized carbons (Fsp3) is 0.435. The van der Waals surface area contributed by atoms with Crippen molar-refractivity contribution >= 4 is 11.6 Å². The summed E-state index contributed by atoms with van der Waals surface area (Å²) in [6, 6.07) is 18.1. The summed E-state index contributed by atoms with van der Waals surface area (Å²) in [7, 11) is 0. The number of amides is 1. The minimum Gasteiger partial charge on any atom is -0.491 e. The normalized spacial score (nSPS) is 15.1. The van der Waals surface area contributed by atoms with E-state index in [1.807, 2.05) is 30.3 Å². The first kappa shape index (κ1) is 19.4. The number of para-hydroxylation sites is 2. The van der Waals surface area contributed by atoms with Gasteiger partial charge in [0.2, 0.25) is 5.91 Å². The fourth-order valence-corrected chi connectivity index (χ4v) is 3.49. The van der Waals surface area contributed by atoms with Crippen molar-refractivity contribution < 1.29 is 9.53 Å². The van der Waals surface area contributed by atoms with Gasteiger partial charge in [-0.1, -0.05) is 55.3 Å². The lowest BCUT2D eigenvalue weighted by molar-refractivity contribution is -0.117. The lowest BCUT2D eigenvalue weighted by Crippen LogP contribution is -2.34. The fourth-order valence-electron chi connectivity index (χ4n) is 3.49. The Morgan fingerprint density at radius 2 is 1.63 bits per heavy atom. The maximum Gasteiger partial charge on any atom is 0.238 e. The lowest BCUT2D eigenvalue weighted by Gasteiger charge is -2.19. The molecule has 2 aromatic carbocycles. The summed E-state index contributed by atoms with van der Waals surface area (Å²) in [4.78, 5) is 14.7. The van der Waals surface area contributed by atoms with E-state index in [4.69, 9.17) is 4.74 Å². The number of carbonyl (C=O) groups excluding carboxylic acids is 1. The van der Waals surface area contributed by atoms with E-state index in [1.165, 1.54) is 31.2 Å². The number of likely N-dealkylation sites (tertiary alicyclic amines) is 1. The number of rotatable bonds is 8. The topological polar surface area (TPSA) is 41.6 Å². The molecule has 0 atom stereocenters. The Kier molecular flexibility index (Phi) is 7.72. The first-order chi connectivity index (χ1) is 13.3. The summed E-state index contributed by atoms with van der Waals surface area (Å²) in [5.74, 6) is 0.784. The van der Waals surface area contributed by atoms with Crippen LogP contribution in [0.25, 0.3) is 0 Å². The predicted octanol–water partition coefficient (Wildman–Crippen LogP) is 4.51. The third kappa shape index (κ3) is 6.72. The van der Waals surface area contributed by atoms with Crippen LogP contribution in [0, 0.1) is 0 Å². The molecule has 1 amide bonds. The highest BCUT2D eigenvalue weighted by Crippen LogP contribution is 2.24. The molecular weight excluding hydrogens is 336 g/mol. The van der Waals surface area contributed by atoms with Gasteiger partial charge in [0.15, 0.2) is 0 Å². The summed E-state index contributed by atoms with van der Waals surface area (Å²) in [5.41, 5.74) is 2.08. The lowest BCUT2D eigenvalue weighted by atomic mass is 10.1. The van der Waals surface area contributed by atoms with Gasteiger partial charge in [-0.05, 0) is 56.5 Å². The molecule has 144 valence electrons. The second-order valence-electron chi connectivity index (χ2n) is 7.17. The molecule has 1 aliphatic heterocycles. The van der Waals surface area contributed by atoms with Crippen molar-refractivity contribution in [2.45, 2.75) is 38.5 Å². The van der Waals surface area contributed by atoms with E-state index in [9.17, 15) is 4.79 Å². The number of hydrogen-bond donors (Lipinski definition) is 1. The van der Waals surface area contributed by atoms with E-state index in [-0.39, 0.29) is 5.91 Å². The zero-order valence-electron chi connectivity index (χ0n) is 16.0. The van der Waals surface area contributed by atoms with Crippen LogP contribution in [0.1, 0.15) is 37.7 Å². The maximum absolute atomic E-state index is 12.5. The van der Waals surface area contributed by atoms with Crippen molar-refractivity contribution in [3.05, 3.63) is 60.2 Å². The highest BCUT2D eigenvalue weighted by atomic mass is 16.5. The number of benzene rings is 2. The van der Waals surface area contributed by atoms with Crippen LogP contribution in [0.4, 0.5) is 5.69 Å². The van der Waals surface area contributed by atoms with E-state index in [0.29, 0.717) is 13.2 Å². The van der Waals surface area contributed by atoms with Gasteiger partial charge in [-0.25, -0.2) is 0 Å². The number of carbonyl (C=O) groups is 1. The molecule has 4 heteroatoms. The van der Waals surface area contributed by atoms with Gasteiger partial charge in [-0.3, -0.25) is 9.69 Å². The zero-order chi connectivity index (χ0) is 18.7. The molecule has 3 rings (SSSR count). The summed E-state index contributed by atoms with van der Waals surface area (Å²) >= 11 is 0. The number of hydrogen-bond acceptors (Lipinski definition) is 3. The maximum atomic E-state index is 12.5. The Balaban J connectivity index is 1.47. The molecule has 1 aliphatic rings. The third-order valence-corrected chi connectivity index (χ3v) is 4.94. The molecule has 1 N–H and O–H groups in total. The molecule has 0 bridgehead atoms. The summed E-state index contributed by atoms with van der Waals surface area (Å²) < 4.78 is 5.94. The average Bonchev–Trinajstić information content (AvgIpc) is 2.96. The van der Waals surface area contributed by atoms with Crippen molar-refractivity contribution in [1.82, 2.24) is 4.90 Å². The van der Waals surface area contributed by atoms with Gasteiger partial charge in [0.05, 0.1) is 18.8 Å². The van der Waals surface area contributed by atoms with Crippen molar-refractivity contribution in [2.75, 3.05) is 31.6 Å². The van der Waals surface area contributed by atoms with Crippen molar-refractivity contribution in [1.29, 1.82) is 0 Å². The second-order valence-corrected chi connectivity index (χ2v) is 7.17. The van der Waals surface area contributed by atoms with Gasteiger partial charge in [-0.15, -0.1) is 0 Å². The molecule has 0 saturated carbocycles. The van der Waals surface area contributed by atoms with Gasteiger partial charge in [0.25, 0.3) is 0 Å². The Bertz CT molecular complexity index is 695. The van der Waals surface area contributed by atoms with E-state index < -0.39 is 0 Å². The molecule has 0 spiro atoms. The summed E-state index contributed by atoms with van der Waals surface area (Å²) in [6.07, 6.45) is 6.86. The molecule has 27 heavy (non-hydrogen) atoms. The van der Waals surface area contributed by atoms with Crippen LogP contribution in [0.3, 0.4) is 0 Å². The predicted molar refractivity (Wildman–Crippen MR) is 110 cm³/mol. The Morgan fingerprint density at radius 1 is 0.926 bits per heavy atom. The zero-order valence-corrected chi connectivity index (χ0v) is 16.0. The van der Waals surface area contributed by atoms with Gasteiger partial charge < -0.3 is 10.1 Å². The first-order valence-electron chi connectivity index (χ1n) is 10.1. The molecule has 0 radical (unpaired) electrons. The summed E-state index contributed by atoms with van der Waals surface area (Å²) in [6.45, 7) is 3.13. The summed E-state index contributed by atoms with van der Waals surface area (Å²) in [5, 5.41) is 3.03. The van der Waals surface area contributed by atoms with Gasteiger partial charge in [-0.2, -0.15) is 0 Å². The standard InChI is InChI=1S/C23H30N2O2/c26-23(19-25-16-8-1-2-9-17-25)24-21-14-6-7-15-22(21)27-18-10-13-20-11-4-3-5-12-20/h3-7,11-12,14-15H,1-2,8-10,13,16-19H2,(H,24,26). The largest absolute Gasteiger partial charge is 0.491 e. The van der Waals surface area contributed by atoms with Crippen molar-refractivity contribution in [3.8, 4) is 5.75 Å². The van der Waals surface area contributed by atoms with Gasteiger partial charge in [0.1, 0.15) is 5.75 Å². The molecular formula is C23H30N2O2. The van der Waals surface area contributed by atoms with Gasteiger partial charge in [0, 0.05) is 0 Å². The van der Waals surface area contributed by atoms with Crippen LogP contribution in [0.15, 0.2) is 54.6 Å². The van der Waals surface area contributed by atoms with Crippen molar-refractivity contribution in [3.63, 3.8) is 0 Å². The smallest absolute Gasteiger partial charge is 0.238 e. The molecule has 0 aliphatic carbocycles. The molecule has 1 fully saturated rings. The van der Waals surface area contributed by atoms with Crippen molar-refractivity contribution in [2.24, 2.45) is 0 Å². The number of nitrogens with one attached hydrogen (secondary N) is 1. The molecule has 0 unspecified atom stereocenters. The molecule has 4 nitrogen and oxygen atoms in total. The van der Waals surface area contributed by atoms with E-state index in [1.54, 1.807) is 0 Å². The molecule has 2 aromatic rings. The van der Waals surface area contributed by atoms with Crippen LogP contribution in [0.2, 0.25) is 0 Å². The molecule has 1 heterocycles. The highest BCUT2D eigenvalue weighted by Gasteiger charge is 2.14. The van der Waals surface area contributed by atoms with Crippen LogP contribution < -0.4 is 10.1 Å². The van der Waals surface area contributed by atoms with E-state index in [0.717, 1.165) is 37.4 Å². The minimum atomic E-state index is 0.0391. The van der Waals surface area contributed by atoms with E-state index in [2.05, 4.69) is 34.5 Å². The number of anilines is 1. The monoisotopic (exact) mass is 366 g/mol. The quantitative estimate of drug-likeness (QED) is 0.699.